The molecule has 0 unspecified atom stereocenters. The van der Waals surface area contributed by atoms with Crippen molar-refractivity contribution in [3.05, 3.63) is 131 Å². The predicted molar refractivity (Wildman–Crippen MR) is 162 cm³/mol. The summed E-state index contributed by atoms with van der Waals surface area (Å²) < 4.78 is 11.8. The lowest BCUT2D eigenvalue weighted by Crippen LogP contribution is -2.23. The van der Waals surface area contributed by atoms with E-state index in [1.54, 1.807) is 0 Å². The summed E-state index contributed by atoms with van der Waals surface area (Å²) in [4.78, 5) is 0. The van der Waals surface area contributed by atoms with Crippen molar-refractivity contribution < 1.29 is 19.7 Å². The van der Waals surface area contributed by atoms with Gasteiger partial charge >= 0.3 is 0 Å². The third kappa shape index (κ3) is 8.53. The summed E-state index contributed by atoms with van der Waals surface area (Å²) >= 11 is 0. The van der Waals surface area contributed by atoms with E-state index in [9.17, 15) is 0 Å². The highest BCUT2D eigenvalue weighted by Gasteiger charge is 2.16. The molecule has 0 radical (unpaired) electrons. The largest absolute Gasteiger partial charge is 0.492 e. The minimum absolute atomic E-state index is 0.117. The first-order valence-corrected chi connectivity index (χ1v) is 13.7. The van der Waals surface area contributed by atoms with Gasteiger partial charge in [0.05, 0.1) is 13.2 Å². The molecule has 208 valence electrons. The lowest BCUT2D eigenvalue weighted by molar-refractivity contribution is 0.275. The van der Waals surface area contributed by atoms with Gasteiger partial charge in [-0.1, -0.05) is 84.9 Å². The SMILES string of the molecule is OCCNCCOc1ccc(/C(=C(\c2ccccc2)c2ccc(OCCNCCO)cc2)c2ccccc2)cc1. The van der Waals surface area contributed by atoms with E-state index < -0.39 is 0 Å². The van der Waals surface area contributed by atoms with Crippen LogP contribution in [0.3, 0.4) is 0 Å². The molecule has 0 heterocycles. The molecule has 40 heavy (non-hydrogen) atoms. The highest BCUT2D eigenvalue weighted by molar-refractivity contribution is 6.04. The number of aliphatic hydroxyl groups is 2. The quantitative estimate of drug-likeness (QED) is 0.123. The maximum Gasteiger partial charge on any atom is 0.119 e. The second-order valence-electron chi connectivity index (χ2n) is 9.17. The van der Waals surface area contributed by atoms with Crippen molar-refractivity contribution in [2.75, 3.05) is 52.6 Å². The van der Waals surface area contributed by atoms with E-state index in [4.69, 9.17) is 19.7 Å². The molecule has 4 aromatic carbocycles. The minimum atomic E-state index is 0.117. The van der Waals surface area contributed by atoms with E-state index >= 15 is 0 Å². The average molecular weight is 539 g/mol. The number of benzene rings is 4. The van der Waals surface area contributed by atoms with Crippen molar-refractivity contribution in [1.82, 2.24) is 10.6 Å². The maximum absolute atomic E-state index is 8.92. The fourth-order valence-corrected chi connectivity index (χ4v) is 4.45. The molecule has 0 saturated heterocycles. The Hall–Kier alpha value is -3.94. The van der Waals surface area contributed by atoms with E-state index in [-0.39, 0.29) is 13.2 Å². The maximum atomic E-state index is 8.92. The molecule has 4 N–H and O–H groups in total. The highest BCUT2D eigenvalue weighted by atomic mass is 16.5. The zero-order chi connectivity index (χ0) is 27.8. The molecule has 0 aliphatic rings. The summed E-state index contributed by atoms with van der Waals surface area (Å²) in [5.41, 5.74) is 6.68. The van der Waals surface area contributed by atoms with Crippen molar-refractivity contribution in [3.8, 4) is 11.5 Å². The number of rotatable bonds is 16. The Morgan fingerprint density at radius 2 is 0.800 bits per heavy atom. The second kappa shape index (κ2) is 16.2. The number of nitrogens with one attached hydrogen (secondary N) is 2. The van der Waals surface area contributed by atoms with E-state index in [2.05, 4.69) is 83.4 Å². The lowest BCUT2D eigenvalue weighted by atomic mass is 9.86. The molecular weight excluding hydrogens is 500 g/mol. The number of hydrogen-bond donors (Lipinski definition) is 4. The summed E-state index contributed by atoms with van der Waals surface area (Å²) in [6.45, 7) is 3.76. The van der Waals surface area contributed by atoms with E-state index in [0.717, 1.165) is 44.9 Å². The molecule has 6 nitrogen and oxygen atoms in total. The van der Waals surface area contributed by atoms with Gasteiger partial charge in [0.1, 0.15) is 24.7 Å². The standard InChI is InChI=1S/C34H38N2O4/c37-23-19-35-21-25-39-31-15-11-29(12-16-31)33(27-7-3-1-4-8-27)34(28-9-5-2-6-10-28)30-13-17-32(18-14-30)40-26-22-36-20-24-38/h1-18,35-38H,19-26H2/b34-33+. The lowest BCUT2D eigenvalue weighted by Gasteiger charge is -2.19. The normalized spacial score (nSPS) is 11.7. The number of hydrogen-bond acceptors (Lipinski definition) is 6. The van der Waals surface area contributed by atoms with E-state index in [0.29, 0.717) is 39.4 Å². The van der Waals surface area contributed by atoms with Crippen LogP contribution in [0.25, 0.3) is 11.1 Å². The van der Waals surface area contributed by atoms with Crippen molar-refractivity contribution in [1.29, 1.82) is 0 Å². The van der Waals surface area contributed by atoms with Crippen LogP contribution in [0.1, 0.15) is 22.3 Å². The van der Waals surface area contributed by atoms with Gasteiger partial charge in [0.2, 0.25) is 0 Å². The molecule has 0 saturated carbocycles. The zero-order valence-electron chi connectivity index (χ0n) is 22.8. The van der Waals surface area contributed by atoms with Crippen LogP contribution in [0.4, 0.5) is 0 Å². The number of ether oxygens (including phenoxy) is 2. The first-order chi connectivity index (χ1) is 19.8. The summed E-state index contributed by atoms with van der Waals surface area (Å²) in [5.74, 6) is 1.61. The Morgan fingerprint density at radius 3 is 1.15 bits per heavy atom. The van der Waals surface area contributed by atoms with Gasteiger partial charge in [-0.25, -0.2) is 0 Å². The summed E-state index contributed by atoms with van der Waals surface area (Å²) in [6.07, 6.45) is 0. The summed E-state index contributed by atoms with van der Waals surface area (Å²) in [6, 6.07) is 37.4. The van der Waals surface area contributed by atoms with Crippen molar-refractivity contribution in [3.63, 3.8) is 0 Å². The number of aliphatic hydroxyl groups excluding tert-OH is 2. The van der Waals surface area contributed by atoms with Crippen molar-refractivity contribution >= 4 is 11.1 Å². The molecule has 0 aromatic heterocycles. The second-order valence-corrected chi connectivity index (χ2v) is 9.17. The molecule has 0 spiro atoms. The van der Waals surface area contributed by atoms with Gasteiger partial charge in [-0.15, -0.1) is 0 Å². The first-order valence-electron chi connectivity index (χ1n) is 13.7. The van der Waals surface area contributed by atoms with Crippen LogP contribution >= 0.6 is 0 Å². The molecule has 4 aromatic rings. The summed E-state index contributed by atoms with van der Waals surface area (Å²) in [5, 5.41) is 24.1. The van der Waals surface area contributed by atoms with Crippen LogP contribution in [-0.4, -0.2) is 62.8 Å². The zero-order valence-corrected chi connectivity index (χ0v) is 22.8. The van der Waals surface area contributed by atoms with E-state index in [1.165, 1.54) is 0 Å². The van der Waals surface area contributed by atoms with E-state index in [1.807, 2.05) is 36.4 Å². The Kier molecular flexibility index (Phi) is 11.8. The molecule has 0 bridgehead atoms. The molecule has 4 rings (SSSR count). The van der Waals surface area contributed by atoms with Gasteiger partial charge in [0.25, 0.3) is 0 Å². The van der Waals surface area contributed by atoms with Gasteiger partial charge in [-0.05, 0) is 57.7 Å². The monoisotopic (exact) mass is 538 g/mol. The van der Waals surface area contributed by atoms with Crippen molar-refractivity contribution in [2.45, 2.75) is 0 Å². The van der Waals surface area contributed by atoms with Crippen LogP contribution in [-0.2, 0) is 0 Å². The predicted octanol–water partition coefficient (Wildman–Crippen LogP) is 4.62. The van der Waals surface area contributed by atoms with Crippen LogP contribution in [0.15, 0.2) is 109 Å². The third-order valence-electron chi connectivity index (χ3n) is 6.33. The third-order valence-corrected chi connectivity index (χ3v) is 6.33. The van der Waals surface area contributed by atoms with Crippen LogP contribution in [0, 0.1) is 0 Å². The van der Waals surface area contributed by atoms with Crippen LogP contribution < -0.4 is 20.1 Å². The molecule has 0 aliphatic heterocycles. The summed E-state index contributed by atoms with van der Waals surface area (Å²) in [7, 11) is 0. The van der Waals surface area contributed by atoms with Crippen molar-refractivity contribution in [2.24, 2.45) is 0 Å². The molecule has 0 fully saturated rings. The van der Waals surface area contributed by atoms with Gasteiger partial charge in [0.15, 0.2) is 0 Å². The van der Waals surface area contributed by atoms with Gasteiger partial charge < -0.3 is 30.3 Å². The van der Waals surface area contributed by atoms with Crippen LogP contribution in [0.5, 0.6) is 11.5 Å². The molecule has 0 atom stereocenters. The van der Waals surface area contributed by atoms with Gasteiger partial charge in [-0.3, -0.25) is 0 Å². The Labute approximate surface area is 236 Å². The fraction of sp³-hybridized carbons (Fsp3) is 0.235. The Morgan fingerprint density at radius 1 is 0.450 bits per heavy atom. The minimum Gasteiger partial charge on any atom is -0.492 e. The molecule has 0 aliphatic carbocycles. The molecule has 6 heteroatoms. The Balaban J connectivity index is 1.69. The highest BCUT2D eigenvalue weighted by Crippen LogP contribution is 2.37. The Bertz CT molecular complexity index is 1190. The molecule has 0 amide bonds. The molecular formula is C34H38N2O4. The van der Waals surface area contributed by atoms with Gasteiger partial charge in [-0.2, -0.15) is 0 Å². The topological polar surface area (TPSA) is 83.0 Å². The smallest absolute Gasteiger partial charge is 0.119 e. The first kappa shape index (κ1) is 29.1. The van der Waals surface area contributed by atoms with Crippen LogP contribution in [0.2, 0.25) is 0 Å². The van der Waals surface area contributed by atoms with Gasteiger partial charge in [0, 0.05) is 26.2 Å². The average Bonchev–Trinajstić information content (AvgIpc) is 3.01. The fourth-order valence-electron chi connectivity index (χ4n) is 4.45.